The summed E-state index contributed by atoms with van der Waals surface area (Å²) in [5.41, 5.74) is 1.48. The average molecular weight is 331 g/mol. The minimum absolute atomic E-state index is 0.0117. The molecule has 0 bridgehead atoms. The van der Waals surface area contributed by atoms with Gasteiger partial charge in [0.25, 0.3) is 5.91 Å². The van der Waals surface area contributed by atoms with E-state index in [9.17, 15) is 9.90 Å². The number of carbonyl (C=O) groups is 1. The first-order chi connectivity index (χ1) is 11.1. The van der Waals surface area contributed by atoms with E-state index in [1.54, 1.807) is 0 Å². The van der Waals surface area contributed by atoms with Crippen LogP contribution in [0.1, 0.15) is 27.2 Å². The number of rotatable bonds is 4. The van der Waals surface area contributed by atoms with Gasteiger partial charge in [-0.25, -0.2) is 4.98 Å². The Morgan fingerprint density at radius 3 is 2.57 bits per heavy atom. The van der Waals surface area contributed by atoms with Crippen LogP contribution in [0.2, 0.25) is 0 Å². The van der Waals surface area contributed by atoms with E-state index in [1.165, 1.54) is 11.3 Å². The number of nitrogens with zero attached hydrogens (tertiary/aromatic N) is 3. The lowest BCUT2D eigenvalue weighted by Gasteiger charge is -2.35. The molecule has 1 aromatic carbocycles. The molecule has 1 aliphatic rings. The highest BCUT2D eigenvalue weighted by atomic mass is 32.1. The van der Waals surface area contributed by atoms with Crippen LogP contribution >= 0.6 is 11.3 Å². The van der Waals surface area contributed by atoms with Crippen molar-refractivity contribution >= 4 is 17.2 Å². The van der Waals surface area contributed by atoms with Crippen molar-refractivity contribution < 1.29 is 9.90 Å². The second-order valence-electron chi connectivity index (χ2n) is 5.77. The van der Waals surface area contributed by atoms with Crippen molar-refractivity contribution in [3.05, 3.63) is 52.0 Å². The van der Waals surface area contributed by atoms with Crippen LogP contribution in [-0.2, 0) is 0 Å². The number of piperazine rings is 1. The summed E-state index contributed by atoms with van der Waals surface area (Å²) in [4.78, 5) is 20.7. The van der Waals surface area contributed by atoms with Gasteiger partial charge in [-0.05, 0) is 12.5 Å². The summed E-state index contributed by atoms with van der Waals surface area (Å²) in [5, 5.41) is 13.0. The number of β-amino-alcohol motifs (C(OH)–C–C–N with tert-alkyl or cyclic N) is 1. The number of hydrogen-bond acceptors (Lipinski definition) is 5. The predicted molar refractivity (Wildman–Crippen MR) is 90.6 cm³/mol. The van der Waals surface area contributed by atoms with Gasteiger partial charge in [-0.1, -0.05) is 30.3 Å². The first-order valence-electron chi connectivity index (χ1n) is 7.80. The molecule has 1 aromatic heterocycles. The minimum Gasteiger partial charge on any atom is -0.387 e. The number of amides is 1. The van der Waals surface area contributed by atoms with Crippen LogP contribution in [0, 0.1) is 6.92 Å². The molecule has 1 saturated heterocycles. The largest absolute Gasteiger partial charge is 0.387 e. The third-order valence-electron chi connectivity index (χ3n) is 4.11. The van der Waals surface area contributed by atoms with Gasteiger partial charge >= 0.3 is 0 Å². The van der Waals surface area contributed by atoms with Crippen molar-refractivity contribution in [3.63, 3.8) is 0 Å². The summed E-state index contributed by atoms with van der Waals surface area (Å²) in [5.74, 6) is 0.0117. The number of hydrogen-bond donors (Lipinski definition) is 1. The zero-order valence-corrected chi connectivity index (χ0v) is 14.0. The Morgan fingerprint density at radius 1 is 1.26 bits per heavy atom. The van der Waals surface area contributed by atoms with Crippen LogP contribution in [0.25, 0.3) is 0 Å². The van der Waals surface area contributed by atoms with Crippen molar-refractivity contribution in [3.8, 4) is 0 Å². The Hall–Kier alpha value is -1.76. The molecule has 5 nitrogen and oxygen atoms in total. The molecule has 0 saturated carbocycles. The van der Waals surface area contributed by atoms with E-state index in [0.29, 0.717) is 25.3 Å². The van der Waals surface area contributed by atoms with E-state index in [1.807, 2.05) is 47.5 Å². The molecule has 0 aliphatic carbocycles. The topological polar surface area (TPSA) is 56.7 Å². The number of aromatic nitrogens is 1. The van der Waals surface area contributed by atoms with Gasteiger partial charge in [-0.3, -0.25) is 9.69 Å². The molecule has 3 rings (SSSR count). The van der Waals surface area contributed by atoms with E-state index in [0.717, 1.165) is 23.7 Å². The van der Waals surface area contributed by atoms with Crippen LogP contribution in [0.4, 0.5) is 0 Å². The number of thiazole rings is 1. The molecule has 2 aromatic rings. The molecule has 1 fully saturated rings. The first kappa shape index (κ1) is 16.1. The van der Waals surface area contributed by atoms with Crippen LogP contribution in [0.3, 0.4) is 0 Å². The molecule has 1 atom stereocenters. The summed E-state index contributed by atoms with van der Waals surface area (Å²) in [7, 11) is 0. The van der Waals surface area contributed by atoms with Crippen LogP contribution in [-0.4, -0.2) is 58.5 Å². The van der Waals surface area contributed by atoms with Gasteiger partial charge in [0.15, 0.2) is 0 Å². The highest BCUT2D eigenvalue weighted by Crippen LogP contribution is 2.16. The van der Waals surface area contributed by atoms with Gasteiger partial charge in [0.1, 0.15) is 5.69 Å². The Morgan fingerprint density at radius 2 is 1.96 bits per heavy atom. The van der Waals surface area contributed by atoms with Crippen LogP contribution < -0.4 is 0 Å². The number of aliphatic hydroxyl groups excluding tert-OH is 1. The number of aryl methyl sites for hydroxylation is 1. The van der Waals surface area contributed by atoms with Gasteiger partial charge in [0.05, 0.1) is 11.1 Å². The molecule has 0 spiro atoms. The molecular formula is C17H21N3O2S. The van der Waals surface area contributed by atoms with E-state index in [-0.39, 0.29) is 5.91 Å². The third-order valence-corrected chi connectivity index (χ3v) is 4.89. The van der Waals surface area contributed by atoms with E-state index >= 15 is 0 Å². The fraction of sp³-hybridized carbons (Fsp3) is 0.412. The molecular weight excluding hydrogens is 310 g/mol. The number of aliphatic hydroxyl groups is 1. The van der Waals surface area contributed by atoms with Gasteiger partial charge in [-0.2, -0.15) is 0 Å². The number of carbonyl (C=O) groups excluding carboxylic acids is 1. The highest BCUT2D eigenvalue weighted by Gasteiger charge is 2.24. The molecule has 1 N–H and O–H groups in total. The quantitative estimate of drug-likeness (QED) is 0.930. The van der Waals surface area contributed by atoms with E-state index in [4.69, 9.17) is 0 Å². The van der Waals surface area contributed by atoms with Crippen molar-refractivity contribution in [2.75, 3.05) is 32.7 Å². The highest BCUT2D eigenvalue weighted by molar-refractivity contribution is 7.09. The van der Waals surface area contributed by atoms with E-state index < -0.39 is 6.10 Å². The second kappa shape index (κ2) is 7.21. The molecule has 0 unspecified atom stereocenters. The lowest BCUT2D eigenvalue weighted by atomic mass is 10.1. The lowest BCUT2D eigenvalue weighted by Crippen LogP contribution is -2.49. The predicted octanol–water partition coefficient (Wildman–Crippen LogP) is 1.94. The summed E-state index contributed by atoms with van der Waals surface area (Å²) in [6.07, 6.45) is -0.486. The molecule has 1 aliphatic heterocycles. The smallest absolute Gasteiger partial charge is 0.273 e. The lowest BCUT2D eigenvalue weighted by molar-refractivity contribution is 0.0523. The summed E-state index contributed by atoms with van der Waals surface area (Å²) < 4.78 is 0. The number of benzene rings is 1. The van der Waals surface area contributed by atoms with Crippen LogP contribution in [0.5, 0.6) is 0 Å². The Kier molecular flexibility index (Phi) is 5.05. The molecule has 0 radical (unpaired) electrons. The van der Waals surface area contributed by atoms with Crippen molar-refractivity contribution in [2.45, 2.75) is 13.0 Å². The van der Waals surface area contributed by atoms with E-state index in [2.05, 4.69) is 9.88 Å². The van der Waals surface area contributed by atoms with Gasteiger partial charge in [0, 0.05) is 38.1 Å². The summed E-state index contributed by atoms with van der Waals surface area (Å²) in [6.45, 7) is 5.41. The van der Waals surface area contributed by atoms with Crippen molar-refractivity contribution in [1.29, 1.82) is 0 Å². The second-order valence-corrected chi connectivity index (χ2v) is 6.83. The minimum atomic E-state index is -0.486. The fourth-order valence-electron chi connectivity index (χ4n) is 2.78. The maximum absolute atomic E-state index is 12.4. The Bertz CT molecular complexity index is 651. The molecule has 2 heterocycles. The maximum Gasteiger partial charge on any atom is 0.273 e. The van der Waals surface area contributed by atoms with Gasteiger partial charge in [0.2, 0.25) is 0 Å². The summed E-state index contributed by atoms with van der Waals surface area (Å²) >= 11 is 1.50. The molecule has 23 heavy (non-hydrogen) atoms. The van der Waals surface area contributed by atoms with Crippen molar-refractivity contribution in [2.24, 2.45) is 0 Å². The standard InChI is InChI=1S/C17H21N3O2S/c1-13-18-15(12-23-13)17(22)20-9-7-19(8-10-20)11-16(21)14-5-3-2-4-6-14/h2-6,12,16,21H,7-11H2,1H3/t16-/m0/s1. The van der Waals surface area contributed by atoms with Gasteiger partial charge in [-0.15, -0.1) is 11.3 Å². The molecule has 6 heteroatoms. The van der Waals surface area contributed by atoms with Crippen LogP contribution in [0.15, 0.2) is 35.7 Å². The summed E-state index contributed by atoms with van der Waals surface area (Å²) in [6, 6.07) is 9.70. The normalized spacial score (nSPS) is 17.2. The fourth-order valence-corrected chi connectivity index (χ4v) is 3.37. The Balaban J connectivity index is 1.51. The Labute approximate surface area is 140 Å². The monoisotopic (exact) mass is 331 g/mol. The third kappa shape index (κ3) is 3.96. The zero-order valence-electron chi connectivity index (χ0n) is 13.2. The first-order valence-corrected chi connectivity index (χ1v) is 8.68. The van der Waals surface area contributed by atoms with Gasteiger partial charge < -0.3 is 10.0 Å². The zero-order chi connectivity index (χ0) is 16.2. The van der Waals surface area contributed by atoms with Crippen molar-refractivity contribution in [1.82, 2.24) is 14.8 Å². The molecule has 122 valence electrons. The molecule has 1 amide bonds. The SMILES string of the molecule is Cc1nc(C(=O)N2CCN(C[C@H](O)c3ccccc3)CC2)cs1. The average Bonchev–Trinajstić information content (AvgIpc) is 3.02. The maximum atomic E-state index is 12.4.